The van der Waals surface area contributed by atoms with Gasteiger partial charge >= 0.3 is 10.4 Å². The van der Waals surface area contributed by atoms with E-state index in [1.165, 1.54) is 6.92 Å². The molecular formula is C13H27O11S2+. The van der Waals surface area contributed by atoms with Crippen LogP contribution in [0.3, 0.4) is 0 Å². The number of aliphatic hydroxyl groups is 7. The van der Waals surface area contributed by atoms with Gasteiger partial charge in [0.05, 0.1) is 12.7 Å². The predicted molar refractivity (Wildman–Crippen MR) is 90.7 cm³/mol. The summed E-state index contributed by atoms with van der Waals surface area (Å²) < 4.78 is 35.2. The summed E-state index contributed by atoms with van der Waals surface area (Å²) in [5.41, 5.74) is 0. The average molecular weight is 423 g/mol. The predicted octanol–water partition coefficient (Wildman–Crippen LogP) is -4.26. The molecule has 1 heterocycles. The van der Waals surface area contributed by atoms with E-state index in [1.54, 1.807) is 0 Å². The molecule has 1 aliphatic rings. The Kier molecular flexibility index (Phi) is 9.16. The lowest BCUT2D eigenvalue weighted by molar-refractivity contribution is -0.122. The van der Waals surface area contributed by atoms with E-state index >= 15 is 0 Å². The van der Waals surface area contributed by atoms with Crippen LogP contribution >= 0.6 is 0 Å². The third-order valence-electron chi connectivity index (χ3n) is 4.26. The van der Waals surface area contributed by atoms with Gasteiger partial charge in [0.2, 0.25) is 0 Å². The molecule has 0 aliphatic carbocycles. The summed E-state index contributed by atoms with van der Waals surface area (Å²) in [5.74, 6) is -0.260. The first-order chi connectivity index (χ1) is 11.9. The molecule has 13 heteroatoms. The Hall–Kier alpha value is -0.0600. The van der Waals surface area contributed by atoms with Crippen LogP contribution in [0.5, 0.6) is 0 Å². The molecule has 0 saturated carbocycles. The average Bonchev–Trinajstić information content (AvgIpc) is 2.82. The molecule has 0 aromatic carbocycles. The summed E-state index contributed by atoms with van der Waals surface area (Å²) in [6.45, 7) is 1.00. The molecule has 1 fully saturated rings. The molecule has 0 bridgehead atoms. The quantitative estimate of drug-likeness (QED) is 0.125. The molecule has 0 spiro atoms. The lowest BCUT2D eigenvalue weighted by Gasteiger charge is -2.30. The monoisotopic (exact) mass is 423 g/mol. The van der Waals surface area contributed by atoms with Gasteiger partial charge in [0, 0.05) is 10.9 Å². The van der Waals surface area contributed by atoms with E-state index in [9.17, 15) is 44.2 Å². The van der Waals surface area contributed by atoms with Gasteiger partial charge in [0.1, 0.15) is 48.1 Å². The van der Waals surface area contributed by atoms with E-state index < -0.39 is 75.9 Å². The normalized spacial score (nSPS) is 32.8. The van der Waals surface area contributed by atoms with E-state index in [2.05, 4.69) is 4.18 Å². The Bertz CT molecular complexity index is 530. The maximum absolute atomic E-state index is 11.0. The smallest absolute Gasteiger partial charge is 0.391 e. The minimum absolute atomic E-state index is 0.0161. The van der Waals surface area contributed by atoms with Gasteiger partial charge in [0.15, 0.2) is 5.25 Å². The number of hydrogen-bond donors (Lipinski definition) is 8. The maximum atomic E-state index is 11.0. The van der Waals surface area contributed by atoms with Crippen LogP contribution in [0.4, 0.5) is 0 Å². The zero-order valence-corrected chi connectivity index (χ0v) is 15.7. The van der Waals surface area contributed by atoms with Gasteiger partial charge in [-0.1, -0.05) is 6.92 Å². The van der Waals surface area contributed by atoms with Gasteiger partial charge < -0.3 is 35.7 Å². The van der Waals surface area contributed by atoms with Crippen molar-refractivity contribution in [2.75, 3.05) is 18.1 Å². The summed E-state index contributed by atoms with van der Waals surface area (Å²) in [7, 11) is -6.07. The zero-order chi connectivity index (χ0) is 20.2. The fourth-order valence-electron chi connectivity index (χ4n) is 2.76. The second-order valence-electron chi connectivity index (χ2n) is 6.16. The van der Waals surface area contributed by atoms with Crippen LogP contribution in [0.15, 0.2) is 0 Å². The second-order valence-corrected chi connectivity index (χ2v) is 9.56. The molecule has 0 aromatic rings. The van der Waals surface area contributed by atoms with Gasteiger partial charge in [-0.3, -0.25) is 4.55 Å². The van der Waals surface area contributed by atoms with Crippen LogP contribution in [0.2, 0.25) is 0 Å². The molecule has 0 amide bonds. The van der Waals surface area contributed by atoms with Gasteiger partial charge in [-0.25, -0.2) is 4.18 Å². The summed E-state index contributed by atoms with van der Waals surface area (Å²) in [5, 5.41) is 67.9. The fourth-order valence-corrected chi connectivity index (χ4v) is 5.96. The van der Waals surface area contributed by atoms with Crippen molar-refractivity contribution in [3.05, 3.63) is 0 Å². The van der Waals surface area contributed by atoms with Gasteiger partial charge in [0.25, 0.3) is 0 Å². The highest BCUT2D eigenvalue weighted by Crippen LogP contribution is 2.26. The van der Waals surface area contributed by atoms with Crippen LogP contribution in [-0.4, -0.2) is 115 Å². The van der Waals surface area contributed by atoms with Crippen LogP contribution in [-0.2, 0) is 25.5 Å². The maximum Gasteiger partial charge on any atom is 0.397 e. The fraction of sp³-hybridized carbons (Fsp3) is 1.00. The minimum Gasteiger partial charge on any atom is -0.391 e. The second kappa shape index (κ2) is 9.93. The molecule has 0 radical (unpaired) electrons. The van der Waals surface area contributed by atoms with Gasteiger partial charge in [-0.05, 0) is 6.42 Å². The molecular weight excluding hydrogens is 396 g/mol. The van der Waals surface area contributed by atoms with E-state index in [0.717, 1.165) is 0 Å². The summed E-state index contributed by atoms with van der Waals surface area (Å²) in [6.07, 6.45) is -11.5. The molecule has 156 valence electrons. The molecule has 1 rings (SSSR count). The largest absolute Gasteiger partial charge is 0.397 e. The van der Waals surface area contributed by atoms with Gasteiger partial charge in [-0.2, -0.15) is 8.42 Å². The number of rotatable bonds is 10. The SMILES string of the molecule is CC[C@H](O)[C@@H](O)[C@@H](O)C(OS(=O)(=O)O)[C@H](O)C[S@+]1C[C@@H](O)[C@H](O)[C@H]1CO. The molecule has 8 N–H and O–H groups in total. The third-order valence-corrected chi connectivity index (χ3v) is 7.55. The Morgan fingerprint density at radius 3 is 2.15 bits per heavy atom. The lowest BCUT2D eigenvalue weighted by Crippen LogP contribution is -2.53. The Morgan fingerprint density at radius 1 is 1.12 bits per heavy atom. The summed E-state index contributed by atoms with van der Waals surface area (Å²) in [6, 6.07) is 0. The molecule has 9 atom stereocenters. The zero-order valence-electron chi connectivity index (χ0n) is 14.1. The first-order valence-corrected chi connectivity index (χ1v) is 10.9. The summed E-state index contributed by atoms with van der Waals surface area (Å²) in [4.78, 5) is 0. The molecule has 26 heavy (non-hydrogen) atoms. The highest BCUT2D eigenvalue weighted by molar-refractivity contribution is 7.97. The first kappa shape index (κ1) is 24.0. The van der Waals surface area contributed by atoms with E-state index in [4.69, 9.17) is 4.55 Å². The number of aliphatic hydroxyl groups excluding tert-OH is 7. The van der Waals surface area contributed by atoms with Crippen molar-refractivity contribution in [3.8, 4) is 0 Å². The van der Waals surface area contributed by atoms with Crippen LogP contribution < -0.4 is 0 Å². The minimum atomic E-state index is -5.11. The van der Waals surface area contributed by atoms with Crippen molar-refractivity contribution in [1.29, 1.82) is 0 Å². The highest BCUT2D eigenvalue weighted by Gasteiger charge is 2.51. The van der Waals surface area contributed by atoms with Crippen LogP contribution in [0.25, 0.3) is 0 Å². The van der Waals surface area contributed by atoms with Gasteiger partial charge in [-0.15, -0.1) is 0 Å². The van der Waals surface area contributed by atoms with Crippen molar-refractivity contribution in [2.24, 2.45) is 0 Å². The molecule has 0 aromatic heterocycles. The molecule has 1 unspecified atom stereocenters. The number of hydrogen-bond acceptors (Lipinski definition) is 10. The van der Waals surface area contributed by atoms with Crippen molar-refractivity contribution in [2.45, 2.75) is 61.3 Å². The van der Waals surface area contributed by atoms with E-state index in [0.29, 0.717) is 0 Å². The van der Waals surface area contributed by atoms with Crippen LogP contribution in [0, 0.1) is 0 Å². The Labute approximate surface area is 154 Å². The standard InChI is InChI=1S/C13H26O11S2/c1-2-6(15)11(19)12(20)13(24-26(21,22)23)8(17)5-25-4-7(16)10(18)9(25)3-14/h6-20H,2-5H2,1H3/p+1/t6-,7+,8+,9+,10-,11+,12+,13?,25-/m0/s1. The lowest BCUT2D eigenvalue weighted by atomic mass is 9.99. The first-order valence-electron chi connectivity index (χ1n) is 7.94. The third kappa shape index (κ3) is 6.24. The van der Waals surface area contributed by atoms with Crippen molar-refractivity contribution >= 4 is 21.3 Å². The molecule has 1 aliphatic heterocycles. The van der Waals surface area contributed by atoms with E-state index in [-0.39, 0.29) is 17.9 Å². The molecule has 1 saturated heterocycles. The van der Waals surface area contributed by atoms with E-state index in [1.807, 2.05) is 0 Å². The van der Waals surface area contributed by atoms with Crippen molar-refractivity contribution in [1.82, 2.24) is 0 Å². The molecule has 11 nitrogen and oxygen atoms in total. The summed E-state index contributed by atoms with van der Waals surface area (Å²) >= 11 is 0. The van der Waals surface area contributed by atoms with Crippen molar-refractivity contribution in [3.63, 3.8) is 0 Å². The topological polar surface area (TPSA) is 205 Å². The Balaban J connectivity index is 2.95. The van der Waals surface area contributed by atoms with Crippen LogP contribution in [0.1, 0.15) is 13.3 Å². The Morgan fingerprint density at radius 2 is 1.69 bits per heavy atom. The highest BCUT2D eigenvalue weighted by atomic mass is 32.3. The van der Waals surface area contributed by atoms with Crippen molar-refractivity contribution < 1.29 is 52.9 Å².